The lowest BCUT2D eigenvalue weighted by molar-refractivity contribution is 0.0517. The molecule has 0 radical (unpaired) electrons. The van der Waals surface area contributed by atoms with Gasteiger partial charge in [-0.3, -0.25) is 0 Å². The van der Waals surface area contributed by atoms with Gasteiger partial charge >= 0.3 is 11.9 Å². The van der Waals surface area contributed by atoms with E-state index in [1.807, 2.05) is 0 Å². The van der Waals surface area contributed by atoms with Gasteiger partial charge in [0.2, 0.25) is 0 Å². The molecule has 0 unspecified atom stereocenters. The van der Waals surface area contributed by atoms with Crippen molar-refractivity contribution < 1.29 is 19.1 Å². The number of esters is 2. The number of aromatic nitrogens is 2. The van der Waals surface area contributed by atoms with Crippen LogP contribution in [0, 0.1) is 6.92 Å². The van der Waals surface area contributed by atoms with E-state index < -0.39 is 11.9 Å². The van der Waals surface area contributed by atoms with Gasteiger partial charge in [-0.25, -0.2) is 14.3 Å². The average molecular weight is 303 g/mol. The van der Waals surface area contributed by atoms with Crippen LogP contribution >= 0.6 is 0 Å². The summed E-state index contributed by atoms with van der Waals surface area (Å²) < 4.78 is 11.0. The molecule has 0 atom stereocenters. The predicted octanol–water partition coefficient (Wildman–Crippen LogP) is 1.73. The van der Waals surface area contributed by atoms with Crippen LogP contribution in [0.1, 0.15) is 33.3 Å². The van der Waals surface area contributed by atoms with E-state index in [-0.39, 0.29) is 12.3 Å². The second-order valence-electron chi connectivity index (χ2n) is 4.53. The van der Waals surface area contributed by atoms with Crippen molar-refractivity contribution in [2.75, 3.05) is 19.5 Å². The average Bonchev–Trinajstić information content (AvgIpc) is 2.83. The number of anilines is 1. The van der Waals surface area contributed by atoms with Crippen molar-refractivity contribution in [1.29, 1.82) is 0 Å². The third-order valence-electron chi connectivity index (χ3n) is 3.17. The third kappa shape index (κ3) is 2.78. The molecule has 0 aliphatic heterocycles. The van der Waals surface area contributed by atoms with Gasteiger partial charge in [-0.15, -0.1) is 0 Å². The van der Waals surface area contributed by atoms with Gasteiger partial charge in [0.15, 0.2) is 5.69 Å². The Bertz CT molecular complexity index is 704. The molecule has 0 amide bonds. The van der Waals surface area contributed by atoms with Gasteiger partial charge in [0.05, 0.1) is 25.0 Å². The minimum absolute atomic E-state index is 0.177. The van der Waals surface area contributed by atoms with Crippen LogP contribution in [-0.2, 0) is 9.47 Å². The molecule has 0 aliphatic carbocycles. The van der Waals surface area contributed by atoms with Crippen molar-refractivity contribution in [3.05, 3.63) is 41.1 Å². The lowest BCUT2D eigenvalue weighted by atomic mass is 10.2. The zero-order chi connectivity index (χ0) is 16.3. The maximum atomic E-state index is 11.8. The molecule has 1 heterocycles. The highest BCUT2D eigenvalue weighted by atomic mass is 16.5. The number of benzene rings is 1. The zero-order valence-electron chi connectivity index (χ0n) is 12.6. The van der Waals surface area contributed by atoms with Crippen molar-refractivity contribution in [3.63, 3.8) is 0 Å². The van der Waals surface area contributed by atoms with Gasteiger partial charge < -0.3 is 15.2 Å². The molecule has 1 aromatic carbocycles. The summed E-state index contributed by atoms with van der Waals surface area (Å²) in [5.41, 5.74) is 7.77. The molecule has 7 heteroatoms. The van der Waals surface area contributed by atoms with E-state index in [1.54, 1.807) is 38.1 Å². The van der Waals surface area contributed by atoms with Crippen LogP contribution < -0.4 is 5.73 Å². The third-order valence-corrected chi connectivity index (χ3v) is 3.17. The monoisotopic (exact) mass is 303 g/mol. The van der Waals surface area contributed by atoms with Gasteiger partial charge in [-0.2, -0.15) is 5.10 Å². The normalized spacial score (nSPS) is 10.3. The highest BCUT2D eigenvalue weighted by molar-refractivity contribution is 5.91. The second kappa shape index (κ2) is 6.30. The number of nitrogens with zero attached hydrogens (tertiary/aromatic N) is 2. The lowest BCUT2D eigenvalue weighted by Crippen LogP contribution is -2.08. The number of hydrogen-bond acceptors (Lipinski definition) is 6. The van der Waals surface area contributed by atoms with Crippen LogP contribution in [0.15, 0.2) is 24.3 Å². The highest BCUT2D eigenvalue weighted by Crippen LogP contribution is 2.21. The summed E-state index contributed by atoms with van der Waals surface area (Å²) in [6.07, 6.45) is 0. The number of ether oxygens (including phenoxy) is 2. The van der Waals surface area contributed by atoms with E-state index >= 15 is 0 Å². The van der Waals surface area contributed by atoms with E-state index in [1.165, 1.54) is 11.8 Å². The predicted molar refractivity (Wildman–Crippen MR) is 80.0 cm³/mol. The maximum absolute atomic E-state index is 11.8. The van der Waals surface area contributed by atoms with Crippen LogP contribution in [0.5, 0.6) is 0 Å². The number of carbonyl (C=O) groups is 2. The zero-order valence-corrected chi connectivity index (χ0v) is 12.6. The Hall–Kier alpha value is -2.83. The van der Waals surface area contributed by atoms with Crippen molar-refractivity contribution in [1.82, 2.24) is 9.78 Å². The van der Waals surface area contributed by atoms with E-state index in [0.29, 0.717) is 22.6 Å². The minimum Gasteiger partial charge on any atom is -0.465 e. The van der Waals surface area contributed by atoms with Gasteiger partial charge in [-0.1, -0.05) is 0 Å². The Labute approximate surface area is 127 Å². The minimum atomic E-state index is -0.517. The topological polar surface area (TPSA) is 96.4 Å². The Morgan fingerprint density at radius 1 is 1.23 bits per heavy atom. The Morgan fingerprint density at radius 2 is 1.86 bits per heavy atom. The molecule has 0 spiro atoms. The lowest BCUT2D eigenvalue weighted by Gasteiger charge is -2.05. The van der Waals surface area contributed by atoms with Crippen molar-refractivity contribution in [2.24, 2.45) is 0 Å². The maximum Gasteiger partial charge on any atom is 0.359 e. The van der Waals surface area contributed by atoms with Crippen LogP contribution in [0.2, 0.25) is 0 Å². The number of nitrogens with two attached hydrogens (primary N) is 1. The molecule has 0 saturated heterocycles. The van der Waals surface area contributed by atoms with Gasteiger partial charge in [-0.05, 0) is 38.1 Å². The first kappa shape index (κ1) is 15.6. The molecule has 1 aromatic heterocycles. The summed E-state index contributed by atoms with van der Waals surface area (Å²) in [5, 5.41) is 4.19. The van der Waals surface area contributed by atoms with E-state index in [4.69, 9.17) is 10.5 Å². The first-order valence-corrected chi connectivity index (χ1v) is 6.70. The largest absolute Gasteiger partial charge is 0.465 e. The van der Waals surface area contributed by atoms with Crippen molar-refractivity contribution in [2.45, 2.75) is 13.8 Å². The van der Waals surface area contributed by atoms with E-state index in [9.17, 15) is 9.59 Å². The fourth-order valence-corrected chi connectivity index (χ4v) is 1.96. The molecule has 0 aliphatic rings. The number of carbonyl (C=O) groups excluding carboxylic acids is 2. The SMILES string of the molecule is CCOC(=O)c1nn(-c2ccc(C(=O)OC)cc2)c(N)c1C. The first-order chi connectivity index (χ1) is 10.5. The number of nitrogen functional groups attached to an aromatic ring is 1. The summed E-state index contributed by atoms with van der Waals surface area (Å²) >= 11 is 0. The summed E-state index contributed by atoms with van der Waals surface area (Å²) in [7, 11) is 1.32. The molecular formula is C15H17N3O4. The van der Waals surface area contributed by atoms with Crippen molar-refractivity contribution in [3.8, 4) is 5.69 Å². The van der Waals surface area contributed by atoms with Crippen LogP contribution in [-0.4, -0.2) is 35.4 Å². The molecule has 2 N–H and O–H groups in total. The molecular weight excluding hydrogens is 286 g/mol. The molecule has 0 fully saturated rings. The number of methoxy groups -OCH3 is 1. The van der Waals surface area contributed by atoms with Crippen LogP contribution in [0.25, 0.3) is 5.69 Å². The van der Waals surface area contributed by atoms with E-state index in [0.717, 1.165) is 0 Å². The number of rotatable bonds is 4. The second-order valence-corrected chi connectivity index (χ2v) is 4.53. The summed E-state index contributed by atoms with van der Waals surface area (Å²) in [5.74, 6) is -0.603. The summed E-state index contributed by atoms with van der Waals surface area (Å²) in [4.78, 5) is 23.2. The van der Waals surface area contributed by atoms with Crippen molar-refractivity contribution >= 4 is 17.8 Å². The van der Waals surface area contributed by atoms with Crippen LogP contribution in [0.4, 0.5) is 5.82 Å². The first-order valence-electron chi connectivity index (χ1n) is 6.70. The standard InChI is InChI=1S/C15H17N3O4/c1-4-22-15(20)12-9(2)13(16)18(17-12)11-7-5-10(6-8-11)14(19)21-3/h5-8H,4,16H2,1-3H3. The summed E-state index contributed by atoms with van der Waals surface area (Å²) in [6, 6.07) is 6.54. The van der Waals surface area contributed by atoms with Gasteiger partial charge in [0.1, 0.15) is 5.82 Å². The molecule has 0 saturated carbocycles. The fraction of sp³-hybridized carbons (Fsp3) is 0.267. The summed E-state index contributed by atoms with van der Waals surface area (Å²) in [6.45, 7) is 3.69. The molecule has 2 rings (SSSR count). The molecule has 2 aromatic rings. The fourth-order valence-electron chi connectivity index (χ4n) is 1.96. The van der Waals surface area contributed by atoms with Gasteiger partial charge in [0.25, 0.3) is 0 Å². The Balaban J connectivity index is 2.39. The van der Waals surface area contributed by atoms with E-state index in [2.05, 4.69) is 9.84 Å². The van der Waals surface area contributed by atoms with Crippen LogP contribution in [0.3, 0.4) is 0 Å². The quantitative estimate of drug-likeness (QED) is 0.864. The molecule has 0 bridgehead atoms. The highest BCUT2D eigenvalue weighted by Gasteiger charge is 2.20. The Morgan fingerprint density at radius 3 is 2.41 bits per heavy atom. The number of hydrogen-bond donors (Lipinski definition) is 1. The molecule has 7 nitrogen and oxygen atoms in total. The molecule has 22 heavy (non-hydrogen) atoms. The smallest absolute Gasteiger partial charge is 0.359 e. The Kier molecular flexibility index (Phi) is 4.45. The van der Waals surface area contributed by atoms with Gasteiger partial charge in [0, 0.05) is 5.56 Å². The molecule has 116 valence electrons.